The second-order valence-corrected chi connectivity index (χ2v) is 7.09. The number of hydrogen-bond acceptors (Lipinski definition) is 4. The molecule has 2 atom stereocenters. The second kappa shape index (κ2) is 8.95. The van der Waals surface area contributed by atoms with E-state index in [0.717, 1.165) is 30.0 Å². The van der Waals surface area contributed by atoms with E-state index in [1.165, 1.54) is 12.1 Å². The lowest BCUT2D eigenvalue weighted by Crippen LogP contribution is -2.45. The third-order valence-electron chi connectivity index (χ3n) is 4.57. The van der Waals surface area contributed by atoms with Gasteiger partial charge in [-0.2, -0.15) is 0 Å². The number of carbonyl (C=O) groups excluding carboxylic acids is 1. The van der Waals surface area contributed by atoms with E-state index in [1.54, 1.807) is 12.3 Å². The van der Waals surface area contributed by atoms with Gasteiger partial charge >= 0.3 is 0 Å². The van der Waals surface area contributed by atoms with Crippen molar-refractivity contribution in [2.75, 3.05) is 18.0 Å². The van der Waals surface area contributed by atoms with Crippen molar-refractivity contribution < 1.29 is 13.9 Å². The van der Waals surface area contributed by atoms with Crippen molar-refractivity contribution in [1.29, 1.82) is 0 Å². The molecular formula is C21H26FN3O2. The smallest absolute Gasteiger partial charge is 0.220 e. The van der Waals surface area contributed by atoms with E-state index in [0.29, 0.717) is 19.4 Å². The molecule has 0 spiro atoms. The van der Waals surface area contributed by atoms with E-state index in [-0.39, 0.29) is 23.9 Å². The van der Waals surface area contributed by atoms with Gasteiger partial charge in [0.15, 0.2) is 0 Å². The van der Waals surface area contributed by atoms with Crippen molar-refractivity contribution >= 4 is 11.7 Å². The summed E-state index contributed by atoms with van der Waals surface area (Å²) in [7, 11) is 0. The summed E-state index contributed by atoms with van der Waals surface area (Å²) in [6, 6.07) is 10.3. The first kappa shape index (κ1) is 19.3. The number of halogens is 1. The Labute approximate surface area is 159 Å². The molecule has 0 bridgehead atoms. The molecule has 0 radical (unpaired) electrons. The number of rotatable bonds is 6. The predicted octanol–water partition coefficient (Wildman–Crippen LogP) is 3.08. The highest BCUT2D eigenvalue weighted by Crippen LogP contribution is 2.18. The van der Waals surface area contributed by atoms with E-state index < -0.39 is 0 Å². The maximum absolute atomic E-state index is 13.2. The largest absolute Gasteiger partial charge is 0.372 e. The molecule has 5 nitrogen and oxygen atoms in total. The van der Waals surface area contributed by atoms with Gasteiger partial charge in [0.25, 0.3) is 0 Å². The van der Waals surface area contributed by atoms with Gasteiger partial charge in [-0.3, -0.25) is 4.79 Å². The normalized spacial score (nSPS) is 19.7. The Hall–Kier alpha value is -2.47. The Morgan fingerprint density at radius 2 is 2.00 bits per heavy atom. The summed E-state index contributed by atoms with van der Waals surface area (Å²) in [5, 5.41) is 2.89. The predicted molar refractivity (Wildman–Crippen MR) is 103 cm³/mol. The van der Waals surface area contributed by atoms with Gasteiger partial charge in [0, 0.05) is 32.3 Å². The highest BCUT2D eigenvalue weighted by molar-refractivity contribution is 5.76. The Bertz CT molecular complexity index is 756. The van der Waals surface area contributed by atoms with Crippen molar-refractivity contribution in [3.63, 3.8) is 0 Å². The number of nitrogens with one attached hydrogen (secondary N) is 1. The number of hydrogen-bond donors (Lipinski definition) is 1. The molecule has 2 aromatic rings. The fraction of sp³-hybridized carbons (Fsp3) is 0.429. The third kappa shape index (κ3) is 5.76. The molecule has 1 aromatic heterocycles. The quantitative estimate of drug-likeness (QED) is 0.848. The van der Waals surface area contributed by atoms with Crippen LogP contribution in [0.1, 0.15) is 31.4 Å². The van der Waals surface area contributed by atoms with E-state index >= 15 is 0 Å². The third-order valence-corrected chi connectivity index (χ3v) is 4.57. The van der Waals surface area contributed by atoms with Crippen LogP contribution in [0.25, 0.3) is 0 Å². The highest BCUT2D eigenvalue weighted by Gasteiger charge is 2.22. The Balaban J connectivity index is 1.46. The molecule has 1 fully saturated rings. The zero-order valence-corrected chi connectivity index (χ0v) is 15.8. The summed E-state index contributed by atoms with van der Waals surface area (Å²) in [5.74, 6) is 0.598. The number of aromatic nitrogens is 1. The Morgan fingerprint density at radius 1 is 1.22 bits per heavy atom. The number of anilines is 1. The molecular weight excluding hydrogens is 345 g/mol. The molecule has 1 amide bonds. The van der Waals surface area contributed by atoms with Gasteiger partial charge in [0.1, 0.15) is 11.6 Å². The van der Waals surface area contributed by atoms with E-state index in [4.69, 9.17) is 4.74 Å². The number of amides is 1. The molecule has 1 aromatic carbocycles. The SMILES string of the molecule is CC1CN(c2ccc(CNC(=O)CCc3cccc(F)c3)cn2)CC(C)O1. The number of benzene rings is 1. The number of morpholine rings is 1. The lowest BCUT2D eigenvalue weighted by Gasteiger charge is -2.36. The van der Waals surface area contributed by atoms with Crippen LogP contribution in [0, 0.1) is 5.82 Å². The molecule has 1 N–H and O–H groups in total. The maximum atomic E-state index is 13.2. The van der Waals surface area contributed by atoms with E-state index in [9.17, 15) is 9.18 Å². The van der Waals surface area contributed by atoms with Crippen LogP contribution < -0.4 is 10.2 Å². The van der Waals surface area contributed by atoms with Crippen LogP contribution in [0.5, 0.6) is 0 Å². The number of pyridine rings is 1. The van der Waals surface area contributed by atoms with Gasteiger partial charge in [0.2, 0.25) is 5.91 Å². The number of ether oxygens (including phenoxy) is 1. The maximum Gasteiger partial charge on any atom is 0.220 e. The molecule has 2 heterocycles. The number of nitrogens with zero attached hydrogens (tertiary/aromatic N) is 2. The van der Waals surface area contributed by atoms with Gasteiger partial charge in [0.05, 0.1) is 12.2 Å². The Kier molecular flexibility index (Phi) is 6.40. The van der Waals surface area contributed by atoms with Crippen LogP contribution in [0.3, 0.4) is 0 Å². The Morgan fingerprint density at radius 3 is 2.67 bits per heavy atom. The molecule has 0 saturated carbocycles. The van der Waals surface area contributed by atoms with Crippen LogP contribution in [0.4, 0.5) is 10.2 Å². The van der Waals surface area contributed by atoms with Crippen LogP contribution in [0.2, 0.25) is 0 Å². The van der Waals surface area contributed by atoms with Gasteiger partial charge in [-0.15, -0.1) is 0 Å². The average Bonchev–Trinajstić information content (AvgIpc) is 2.64. The number of carbonyl (C=O) groups is 1. The molecule has 1 aliphatic rings. The molecule has 0 aliphatic carbocycles. The van der Waals surface area contributed by atoms with Crippen LogP contribution in [-0.4, -0.2) is 36.2 Å². The molecule has 2 unspecified atom stereocenters. The standard InChI is InChI=1S/C21H26FN3O2/c1-15-13-25(14-16(2)27-15)20-8-6-18(11-23-20)12-24-21(26)9-7-17-4-3-5-19(22)10-17/h3-6,8,10-11,15-16H,7,9,12-14H2,1-2H3,(H,24,26). The van der Waals surface area contributed by atoms with Crippen LogP contribution >= 0.6 is 0 Å². The molecule has 3 rings (SSSR count). The molecule has 144 valence electrons. The highest BCUT2D eigenvalue weighted by atomic mass is 19.1. The average molecular weight is 371 g/mol. The molecule has 1 aliphatic heterocycles. The fourth-order valence-electron chi connectivity index (χ4n) is 3.31. The fourth-order valence-corrected chi connectivity index (χ4v) is 3.31. The lowest BCUT2D eigenvalue weighted by atomic mass is 10.1. The molecule has 1 saturated heterocycles. The van der Waals surface area contributed by atoms with Crippen molar-refractivity contribution in [2.45, 2.75) is 45.4 Å². The number of aryl methyl sites for hydroxylation is 1. The van der Waals surface area contributed by atoms with E-state index in [1.807, 2.05) is 18.2 Å². The van der Waals surface area contributed by atoms with Crippen molar-refractivity contribution in [1.82, 2.24) is 10.3 Å². The minimum Gasteiger partial charge on any atom is -0.372 e. The van der Waals surface area contributed by atoms with Crippen LogP contribution in [0.15, 0.2) is 42.6 Å². The van der Waals surface area contributed by atoms with Crippen molar-refractivity contribution in [3.8, 4) is 0 Å². The van der Waals surface area contributed by atoms with Gasteiger partial charge in [-0.1, -0.05) is 18.2 Å². The molecule has 6 heteroatoms. The first-order valence-electron chi connectivity index (χ1n) is 9.36. The second-order valence-electron chi connectivity index (χ2n) is 7.09. The van der Waals surface area contributed by atoms with Gasteiger partial charge in [-0.25, -0.2) is 9.37 Å². The van der Waals surface area contributed by atoms with Gasteiger partial charge < -0.3 is 15.0 Å². The minimum atomic E-state index is -0.275. The lowest BCUT2D eigenvalue weighted by molar-refractivity contribution is -0.121. The minimum absolute atomic E-state index is 0.0563. The first-order valence-corrected chi connectivity index (χ1v) is 9.36. The van der Waals surface area contributed by atoms with Gasteiger partial charge in [-0.05, 0) is 49.6 Å². The molecule has 27 heavy (non-hydrogen) atoms. The summed E-state index contributed by atoms with van der Waals surface area (Å²) in [5.41, 5.74) is 1.78. The van der Waals surface area contributed by atoms with Crippen molar-refractivity contribution in [3.05, 3.63) is 59.5 Å². The van der Waals surface area contributed by atoms with Crippen molar-refractivity contribution in [2.24, 2.45) is 0 Å². The first-order chi connectivity index (χ1) is 13.0. The summed E-state index contributed by atoms with van der Waals surface area (Å²) >= 11 is 0. The zero-order chi connectivity index (χ0) is 19.2. The zero-order valence-electron chi connectivity index (χ0n) is 15.8. The monoisotopic (exact) mass is 371 g/mol. The topological polar surface area (TPSA) is 54.5 Å². The summed E-state index contributed by atoms with van der Waals surface area (Å²) in [4.78, 5) is 18.8. The summed E-state index contributed by atoms with van der Waals surface area (Å²) in [6.07, 6.45) is 3.03. The summed E-state index contributed by atoms with van der Waals surface area (Å²) in [6.45, 7) is 6.22. The van der Waals surface area contributed by atoms with E-state index in [2.05, 4.69) is 29.0 Å². The van der Waals surface area contributed by atoms with Crippen LogP contribution in [-0.2, 0) is 22.5 Å². The summed E-state index contributed by atoms with van der Waals surface area (Å²) < 4.78 is 18.9.